The summed E-state index contributed by atoms with van der Waals surface area (Å²) in [6, 6.07) is 17.5. The maximum absolute atomic E-state index is 12.5. The number of aromatic nitrogens is 2. The van der Waals surface area contributed by atoms with Crippen LogP contribution in [0.2, 0.25) is 0 Å². The van der Waals surface area contributed by atoms with Crippen molar-refractivity contribution in [1.82, 2.24) is 15.1 Å². The number of nitrogens with one attached hydrogen (secondary N) is 2. The molecule has 0 bridgehead atoms. The van der Waals surface area contributed by atoms with Gasteiger partial charge in [0.25, 0.3) is 0 Å². The van der Waals surface area contributed by atoms with Crippen molar-refractivity contribution in [2.24, 2.45) is 5.14 Å². The van der Waals surface area contributed by atoms with E-state index < -0.39 is 10.0 Å². The first-order valence-corrected chi connectivity index (χ1v) is 11.8. The van der Waals surface area contributed by atoms with E-state index in [9.17, 15) is 13.2 Å². The Morgan fingerprint density at radius 3 is 2.32 bits per heavy atom. The summed E-state index contributed by atoms with van der Waals surface area (Å²) in [7, 11) is -3.78. The molecule has 2 aromatic carbocycles. The summed E-state index contributed by atoms with van der Waals surface area (Å²) in [4.78, 5) is 12.5. The zero-order chi connectivity index (χ0) is 21.8. The van der Waals surface area contributed by atoms with Gasteiger partial charge in [0.1, 0.15) is 0 Å². The standard InChI is InChI=1S/C22H25N5O3S/c23-31(29,30)19-13-11-18(12-14-19)27-20(16-7-3-1-4-8-16)15-21(26-27)25-22(28)24-17-9-5-2-6-10-17/h1,3-4,7-8,11-15,17H,2,5-6,9-10H2,(H2,23,29,30)(H2,24,25,26,28). The number of sulfonamides is 1. The van der Waals surface area contributed by atoms with Gasteiger partial charge in [-0.05, 0) is 37.1 Å². The molecular formula is C22H25N5O3S. The lowest BCUT2D eigenvalue weighted by Crippen LogP contribution is -2.39. The lowest BCUT2D eigenvalue weighted by Gasteiger charge is -2.22. The van der Waals surface area contributed by atoms with E-state index in [1.807, 2.05) is 30.3 Å². The fourth-order valence-electron chi connectivity index (χ4n) is 3.82. The molecule has 2 amide bonds. The van der Waals surface area contributed by atoms with Gasteiger partial charge in [0.15, 0.2) is 5.82 Å². The Hall–Kier alpha value is -3.17. The van der Waals surface area contributed by atoms with E-state index in [1.165, 1.54) is 18.6 Å². The molecule has 8 nitrogen and oxygen atoms in total. The topological polar surface area (TPSA) is 119 Å². The van der Waals surface area contributed by atoms with Crippen molar-refractivity contribution in [3.05, 3.63) is 60.7 Å². The average molecular weight is 440 g/mol. The quantitative estimate of drug-likeness (QED) is 0.562. The Morgan fingerprint density at radius 1 is 1.00 bits per heavy atom. The summed E-state index contributed by atoms with van der Waals surface area (Å²) < 4.78 is 24.8. The van der Waals surface area contributed by atoms with Crippen molar-refractivity contribution >= 4 is 21.9 Å². The second-order valence-corrected chi connectivity index (χ2v) is 9.23. The summed E-state index contributed by atoms with van der Waals surface area (Å²) in [6.07, 6.45) is 5.47. The van der Waals surface area contributed by atoms with Gasteiger partial charge in [-0.1, -0.05) is 49.6 Å². The maximum atomic E-state index is 12.5. The Labute approximate surface area is 181 Å². The van der Waals surface area contributed by atoms with Gasteiger partial charge in [-0.3, -0.25) is 5.32 Å². The third-order valence-electron chi connectivity index (χ3n) is 5.37. The Balaban J connectivity index is 1.62. The van der Waals surface area contributed by atoms with E-state index in [1.54, 1.807) is 22.9 Å². The maximum Gasteiger partial charge on any atom is 0.320 e. The van der Waals surface area contributed by atoms with Crippen molar-refractivity contribution in [2.75, 3.05) is 5.32 Å². The first kappa shape index (κ1) is 21.1. The van der Waals surface area contributed by atoms with Crippen LogP contribution in [0, 0.1) is 0 Å². The molecule has 0 saturated heterocycles. The van der Waals surface area contributed by atoms with Crippen molar-refractivity contribution in [2.45, 2.75) is 43.0 Å². The first-order chi connectivity index (χ1) is 14.9. The molecule has 1 aliphatic rings. The highest BCUT2D eigenvalue weighted by Gasteiger charge is 2.18. The first-order valence-electron chi connectivity index (χ1n) is 10.3. The van der Waals surface area contributed by atoms with Gasteiger partial charge in [0.2, 0.25) is 10.0 Å². The third-order valence-corrected chi connectivity index (χ3v) is 6.30. The molecule has 1 heterocycles. The van der Waals surface area contributed by atoms with E-state index in [0.717, 1.165) is 36.9 Å². The lowest BCUT2D eigenvalue weighted by atomic mass is 9.96. The molecular weight excluding hydrogens is 414 g/mol. The minimum atomic E-state index is -3.78. The van der Waals surface area contributed by atoms with Gasteiger partial charge < -0.3 is 5.32 Å². The van der Waals surface area contributed by atoms with Crippen molar-refractivity contribution in [1.29, 1.82) is 0 Å². The van der Waals surface area contributed by atoms with Crippen LogP contribution in [0.4, 0.5) is 10.6 Å². The molecule has 0 unspecified atom stereocenters. The van der Waals surface area contributed by atoms with Crippen molar-refractivity contribution in [3.8, 4) is 16.9 Å². The Bertz CT molecular complexity index is 1150. The highest BCUT2D eigenvalue weighted by molar-refractivity contribution is 7.89. The van der Waals surface area contributed by atoms with Crippen LogP contribution in [0.5, 0.6) is 0 Å². The average Bonchev–Trinajstić information content (AvgIpc) is 3.18. The van der Waals surface area contributed by atoms with Crippen LogP contribution in [0.3, 0.4) is 0 Å². The second-order valence-electron chi connectivity index (χ2n) is 7.66. The SMILES string of the molecule is NS(=O)(=O)c1ccc(-n2nc(NC(=O)NC3CCCCC3)cc2-c2ccccc2)cc1. The van der Waals surface area contributed by atoms with Crippen LogP contribution in [0.1, 0.15) is 32.1 Å². The minimum absolute atomic E-state index is 0.0230. The third kappa shape index (κ3) is 5.12. The van der Waals surface area contributed by atoms with Crippen LogP contribution in [-0.4, -0.2) is 30.3 Å². The normalized spacial score (nSPS) is 14.9. The minimum Gasteiger partial charge on any atom is -0.335 e. The van der Waals surface area contributed by atoms with Crippen LogP contribution >= 0.6 is 0 Å². The smallest absolute Gasteiger partial charge is 0.320 e. The second kappa shape index (κ2) is 8.91. The largest absolute Gasteiger partial charge is 0.335 e. The molecule has 162 valence electrons. The van der Waals surface area contributed by atoms with Gasteiger partial charge in [-0.15, -0.1) is 5.10 Å². The fraction of sp³-hybridized carbons (Fsp3) is 0.273. The van der Waals surface area contributed by atoms with Gasteiger partial charge in [0, 0.05) is 17.7 Å². The molecule has 4 rings (SSSR count). The summed E-state index contributed by atoms with van der Waals surface area (Å²) in [5.41, 5.74) is 2.31. The number of nitrogens with zero attached hydrogens (tertiary/aromatic N) is 2. The highest BCUT2D eigenvalue weighted by atomic mass is 32.2. The molecule has 0 spiro atoms. The zero-order valence-electron chi connectivity index (χ0n) is 17.0. The number of nitrogens with two attached hydrogens (primary N) is 1. The number of amides is 2. The summed E-state index contributed by atoms with van der Waals surface area (Å²) in [6.45, 7) is 0. The molecule has 0 aliphatic heterocycles. The molecule has 31 heavy (non-hydrogen) atoms. The number of carbonyl (C=O) groups is 1. The van der Waals surface area contributed by atoms with Crippen LogP contribution in [0.15, 0.2) is 65.6 Å². The van der Waals surface area contributed by atoms with E-state index in [0.29, 0.717) is 11.5 Å². The van der Waals surface area contributed by atoms with Gasteiger partial charge in [-0.25, -0.2) is 23.0 Å². The number of hydrogen-bond acceptors (Lipinski definition) is 4. The number of anilines is 1. The molecule has 1 aromatic heterocycles. The van der Waals surface area contributed by atoms with Crippen LogP contribution in [0.25, 0.3) is 16.9 Å². The predicted molar refractivity (Wildman–Crippen MR) is 119 cm³/mol. The molecule has 1 aliphatic carbocycles. The van der Waals surface area contributed by atoms with E-state index in [2.05, 4.69) is 15.7 Å². The van der Waals surface area contributed by atoms with Gasteiger partial charge >= 0.3 is 6.03 Å². The Kier molecular flexibility index (Phi) is 6.06. The molecule has 1 saturated carbocycles. The summed E-state index contributed by atoms with van der Waals surface area (Å²) >= 11 is 0. The zero-order valence-corrected chi connectivity index (χ0v) is 17.8. The fourth-order valence-corrected chi connectivity index (χ4v) is 4.33. The predicted octanol–water partition coefficient (Wildman–Crippen LogP) is 3.64. The Morgan fingerprint density at radius 2 is 1.68 bits per heavy atom. The molecule has 1 fully saturated rings. The van der Waals surface area contributed by atoms with Gasteiger partial charge in [-0.2, -0.15) is 0 Å². The number of hydrogen-bond donors (Lipinski definition) is 3. The van der Waals surface area contributed by atoms with Crippen molar-refractivity contribution < 1.29 is 13.2 Å². The molecule has 0 atom stereocenters. The summed E-state index contributed by atoms with van der Waals surface area (Å²) in [5, 5.41) is 15.6. The van der Waals surface area contributed by atoms with E-state index in [4.69, 9.17) is 5.14 Å². The number of rotatable bonds is 5. The molecule has 3 aromatic rings. The number of urea groups is 1. The molecule has 9 heteroatoms. The monoisotopic (exact) mass is 439 g/mol. The van der Waals surface area contributed by atoms with Crippen LogP contribution in [-0.2, 0) is 10.0 Å². The van der Waals surface area contributed by atoms with Gasteiger partial charge in [0.05, 0.1) is 16.3 Å². The van der Waals surface area contributed by atoms with Crippen LogP contribution < -0.4 is 15.8 Å². The number of benzene rings is 2. The molecule has 4 N–H and O–H groups in total. The van der Waals surface area contributed by atoms with E-state index >= 15 is 0 Å². The molecule has 0 radical (unpaired) electrons. The highest BCUT2D eigenvalue weighted by Crippen LogP contribution is 2.26. The summed E-state index contributed by atoms with van der Waals surface area (Å²) in [5.74, 6) is 0.405. The van der Waals surface area contributed by atoms with Crippen molar-refractivity contribution in [3.63, 3.8) is 0 Å². The van der Waals surface area contributed by atoms with E-state index in [-0.39, 0.29) is 17.0 Å². The number of primary sulfonamides is 1. The number of carbonyl (C=O) groups excluding carboxylic acids is 1. The lowest BCUT2D eigenvalue weighted by molar-refractivity contribution is 0.244.